The number of aromatic amines is 1. The number of aromatic nitrogens is 2. The lowest BCUT2D eigenvalue weighted by Crippen LogP contribution is -2.37. The molecule has 3 aromatic carbocycles. The third kappa shape index (κ3) is 5.98. The van der Waals surface area contributed by atoms with E-state index < -0.39 is 32.7 Å². The number of esters is 1. The van der Waals surface area contributed by atoms with Gasteiger partial charge < -0.3 is 14.8 Å². The summed E-state index contributed by atoms with van der Waals surface area (Å²) in [6.07, 6.45) is 3.30. The number of nitrogens with zero attached hydrogens (tertiary/aromatic N) is 1. The summed E-state index contributed by atoms with van der Waals surface area (Å²) < 4.78 is 32.0. The fraction of sp³-hybridized carbons (Fsp3) is 0.273. The molecule has 1 aromatic heterocycles. The summed E-state index contributed by atoms with van der Waals surface area (Å²) in [6, 6.07) is 26.5. The van der Waals surface area contributed by atoms with E-state index >= 15 is 0 Å². The molecular weight excluding hydrogens is 536 g/mol. The lowest BCUT2D eigenvalue weighted by molar-refractivity contribution is -0.148. The molecule has 2 N–H and O–H groups in total. The quantitative estimate of drug-likeness (QED) is 0.235. The minimum Gasteiger partial charge on any atom is -0.507 e. The molecule has 0 spiro atoms. The highest BCUT2D eigenvalue weighted by Gasteiger charge is 2.52. The van der Waals surface area contributed by atoms with Gasteiger partial charge in [-0.2, -0.15) is 0 Å². The molecule has 1 unspecified atom stereocenters. The molecule has 1 aliphatic heterocycles. The van der Waals surface area contributed by atoms with Crippen LogP contribution in [0.25, 0.3) is 0 Å². The van der Waals surface area contributed by atoms with Crippen molar-refractivity contribution >= 4 is 15.8 Å². The van der Waals surface area contributed by atoms with Crippen LogP contribution in [0.3, 0.4) is 0 Å². The summed E-state index contributed by atoms with van der Waals surface area (Å²) in [5, 5.41) is 12.0. The van der Waals surface area contributed by atoms with Gasteiger partial charge in [-0.25, -0.2) is 18.2 Å². The van der Waals surface area contributed by atoms with E-state index in [4.69, 9.17) is 4.74 Å². The van der Waals surface area contributed by atoms with Gasteiger partial charge in [0.15, 0.2) is 10.6 Å². The monoisotopic (exact) mass is 570 g/mol. The molecule has 0 radical (unpaired) electrons. The first-order valence-electron chi connectivity index (χ1n) is 13.5. The van der Waals surface area contributed by atoms with Gasteiger partial charge in [0.25, 0.3) is 0 Å². The first-order chi connectivity index (χ1) is 19.5. The fourth-order valence-corrected chi connectivity index (χ4v) is 6.93. The van der Waals surface area contributed by atoms with Gasteiger partial charge in [0.05, 0.1) is 17.7 Å². The van der Waals surface area contributed by atoms with E-state index in [0.717, 1.165) is 16.7 Å². The van der Waals surface area contributed by atoms with Crippen LogP contribution in [0.4, 0.5) is 0 Å². The van der Waals surface area contributed by atoms with Crippen LogP contribution in [0.1, 0.15) is 48.9 Å². The van der Waals surface area contributed by atoms with Crippen LogP contribution in [0.5, 0.6) is 0 Å². The Bertz CT molecular complexity index is 1610. The van der Waals surface area contributed by atoms with Crippen molar-refractivity contribution in [3.8, 4) is 0 Å². The molecule has 0 saturated carbocycles. The lowest BCUT2D eigenvalue weighted by Gasteiger charge is -2.32. The Labute approximate surface area is 240 Å². The molecule has 1 aliphatic rings. The van der Waals surface area contributed by atoms with Crippen molar-refractivity contribution in [2.45, 2.75) is 55.9 Å². The number of H-pyrrole nitrogens is 1. The van der Waals surface area contributed by atoms with E-state index in [0.29, 0.717) is 18.4 Å². The summed E-state index contributed by atoms with van der Waals surface area (Å²) in [5.41, 5.74) is 1.56. The number of benzene rings is 3. The van der Waals surface area contributed by atoms with Crippen LogP contribution < -0.4 is 0 Å². The highest BCUT2D eigenvalue weighted by molar-refractivity contribution is 7.90. The number of nitrogens with one attached hydrogen (secondary N) is 1. The zero-order valence-corrected chi connectivity index (χ0v) is 24.2. The maximum Gasteiger partial charge on any atom is 0.339 e. The van der Waals surface area contributed by atoms with Crippen LogP contribution in [0, 0.1) is 5.41 Å². The van der Waals surface area contributed by atoms with Crippen molar-refractivity contribution in [3.63, 3.8) is 0 Å². The van der Waals surface area contributed by atoms with Crippen LogP contribution in [0.2, 0.25) is 0 Å². The Balaban J connectivity index is 1.59. The van der Waals surface area contributed by atoms with Crippen LogP contribution in [-0.4, -0.2) is 35.1 Å². The SMILES string of the molecule is CC(C)(C)C(C1=C(O)C(Cc2ccccc2)(Cc2ccccc2)OC1=O)c1cccc(CS(=O)(=O)c2c[nH]cn2)c1. The summed E-state index contributed by atoms with van der Waals surface area (Å²) in [7, 11) is -3.67. The molecule has 5 rings (SSSR count). The normalized spacial score (nSPS) is 16.0. The third-order valence-corrected chi connectivity index (χ3v) is 9.02. The summed E-state index contributed by atoms with van der Waals surface area (Å²) >= 11 is 0. The summed E-state index contributed by atoms with van der Waals surface area (Å²) in [5.74, 6) is -1.45. The minimum atomic E-state index is -3.67. The number of aliphatic hydroxyl groups excluding tert-OH is 1. The van der Waals surface area contributed by atoms with E-state index in [-0.39, 0.29) is 22.1 Å². The largest absolute Gasteiger partial charge is 0.507 e. The second-order valence-electron chi connectivity index (χ2n) is 11.7. The Morgan fingerprint density at radius 1 is 0.902 bits per heavy atom. The van der Waals surface area contributed by atoms with Gasteiger partial charge in [0.2, 0.25) is 9.84 Å². The first kappa shape index (κ1) is 28.4. The molecular formula is C33H34N2O5S. The van der Waals surface area contributed by atoms with E-state index in [1.807, 2.05) is 87.5 Å². The number of hydrogen-bond acceptors (Lipinski definition) is 6. The molecule has 0 amide bonds. The molecule has 1 atom stereocenters. The predicted octanol–water partition coefficient (Wildman–Crippen LogP) is 6.11. The van der Waals surface area contributed by atoms with Crippen molar-refractivity contribution in [2.75, 3.05) is 0 Å². The van der Waals surface area contributed by atoms with Gasteiger partial charge in [-0.1, -0.05) is 106 Å². The van der Waals surface area contributed by atoms with E-state index in [1.54, 1.807) is 18.2 Å². The summed E-state index contributed by atoms with van der Waals surface area (Å²) in [4.78, 5) is 20.4. The lowest BCUT2D eigenvalue weighted by atomic mass is 9.71. The molecule has 7 nitrogen and oxygen atoms in total. The number of ether oxygens (including phenoxy) is 1. The molecule has 8 heteroatoms. The van der Waals surface area contributed by atoms with Crippen LogP contribution in [-0.2, 0) is 38.0 Å². The Hall–Kier alpha value is -4.17. The predicted molar refractivity (Wildman–Crippen MR) is 157 cm³/mol. The number of carbonyl (C=O) groups is 1. The molecule has 2 heterocycles. The third-order valence-electron chi connectivity index (χ3n) is 7.45. The average molecular weight is 571 g/mol. The molecule has 0 saturated heterocycles. The van der Waals surface area contributed by atoms with E-state index in [2.05, 4.69) is 9.97 Å². The standard InChI is InChI=1S/C33H34N2O5S/c1-32(2,3)29(26-16-10-15-25(17-26)21-41(38,39)27-20-34-22-35-27)28-30(36)33(40-31(28)37,18-23-11-6-4-7-12-23)19-24-13-8-5-9-14-24/h4-17,20,22,29,36H,18-19,21H2,1-3H3,(H,34,35). The Kier molecular flexibility index (Phi) is 7.62. The van der Waals surface area contributed by atoms with Crippen molar-refractivity contribution < 1.29 is 23.1 Å². The molecule has 212 valence electrons. The van der Waals surface area contributed by atoms with Gasteiger partial charge in [-0.15, -0.1) is 0 Å². The molecule has 0 aliphatic carbocycles. The number of hydrogen-bond donors (Lipinski definition) is 2. The Morgan fingerprint density at radius 2 is 1.49 bits per heavy atom. The van der Waals surface area contributed by atoms with Gasteiger partial charge in [-0.3, -0.25) is 0 Å². The highest BCUT2D eigenvalue weighted by Crippen LogP contribution is 2.49. The first-order valence-corrected chi connectivity index (χ1v) is 15.2. The maximum atomic E-state index is 13.8. The average Bonchev–Trinajstić information content (AvgIpc) is 3.54. The van der Waals surface area contributed by atoms with E-state index in [9.17, 15) is 18.3 Å². The number of rotatable bonds is 9. The van der Waals surface area contributed by atoms with Crippen molar-refractivity contribution in [2.24, 2.45) is 5.41 Å². The molecule has 4 aromatic rings. The van der Waals surface area contributed by atoms with E-state index in [1.165, 1.54) is 12.5 Å². The minimum absolute atomic E-state index is 0.0263. The second-order valence-corrected chi connectivity index (χ2v) is 13.6. The van der Waals surface area contributed by atoms with Gasteiger partial charge in [-0.05, 0) is 27.7 Å². The second kappa shape index (κ2) is 11.0. The number of sulfone groups is 1. The van der Waals surface area contributed by atoms with Crippen molar-refractivity contribution in [1.29, 1.82) is 0 Å². The van der Waals surface area contributed by atoms with Gasteiger partial charge in [0, 0.05) is 25.0 Å². The number of imidazole rings is 1. The van der Waals surface area contributed by atoms with Crippen LogP contribution >= 0.6 is 0 Å². The van der Waals surface area contributed by atoms with Crippen molar-refractivity contribution in [3.05, 3.63) is 131 Å². The molecule has 41 heavy (non-hydrogen) atoms. The maximum absolute atomic E-state index is 13.8. The zero-order chi connectivity index (χ0) is 29.3. The number of cyclic esters (lactones) is 1. The summed E-state index contributed by atoms with van der Waals surface area (Å²) in [6.45, 7) is 5.98. The van der Waals surface area contributed by atoms with Crippen molar-refractivity contribution in [1.82, 2.24) is 9.97 Å². The smallest absolute Gasteiger partial charge is 0.339 e. The number of carbonyl (C=O) groups excluding carboxylic acids is 1. The highest BCUT2D eigenvalue weighted by atomic mass is 32.2. The number of aliphatic hydroxyl groups is 1. The van der Waals surface area contributed by atoms with Gasteiger partial charge in [0.1, 0.15) is 5.76 Å². The molecule has 0 bridgehead atoms. The fourth-order valence-electron chi connectivity index (χ4n) is 5.70. The Morgan fingerprint density at radius 3 is 2.02 bits per heavy atom. The van der Waals surface area contributed by atoms with Crippen LogP contribution in [0.15, 0.2) is 114 Å². The van der Waals surface area contributed by atoms with Gasteiger partial charge >= 0.3 is 5.97 Å². The topological polar surface area (TPSA) is 109 Å². The zero-order valence-electron chi connectivity index (χ0n) is 23.4. The molecule has 0 fully saturated rings.